The van der Waals surface area contributed by atoms with Crippen LogP contribution in [-0.2, 0) is 18.8 Å². The molecule has 1 aliphatic heterocycles. The van der Waals surface area contributed by atoms with Crippen LogP contribution in [0.1, 0.15) is 26.5 Å². The number of benzene rings is 2. The van der Waals surface area contributed by atoms with Crippen molar-refractivity contribution in [1.29, 1.82) is 0 Å². The maximum atomic E-state index is 12.0. The van der Waals surface area contributed by atoms with Crippen LogP contribution >= 0.6 is 8.53 Å². The van der Waals surface area contributed by atoms with Crippen molar-refractivity contribution in [1.82, 2.24) is 14.6 Å². The van der Waals surface area contributed by atoms with Gasteiger partial charge in [-0.15, -0.1) is 0 Å². The van der Waals surface area contributed by atoms with Gasteiger partial charge in [0, 0.05) is 19.7 Å². The lowest BCUT2D eigenvalue weighted by atomic mass is 10.1. The Bertz CT molecular complexity index is 1240. The van der Waals surface area contributed by atoms with Gasteiger partial charge in [-0.3, -0.25) is 4.57 Å². The summed E-state index contributed by atoms with van der Waals surface area (Å²) in [5.74, 6) is 0.695. The fraction of sp³-hybridized carbons (Fsp3) is 0.423. The molecule has 11 nitrogen and oxygen atoms in total. The van der Waals surface area contributed by atoms with Crippen LogP contribution < -0.4 is 21.0 Å². The number of halogens is 2. The molecule has 4 atom stereocenters. The highest BCUT2D eigenvalue weighted by atomic mass is 31.2. The number of aromatic nitrogens is 2. The molecule has 0 radical (unpaired) electrons. The van der Waals surface area contributed by atoms with Crippen molar-refractivity contribution in [3.05, 3.63) is 65.2 Å². The van der Waals surface area contributed by atoms with E-state index >= 15 is 0 Å². The van der Waals surface area contributed by atoms with E-state index in [1.54, 1.807) is 7.11 Å². The Morgan fingerprint density at radius 2 is 1.93 bits per heavy atom. The van der Waals surface area contributed by atoms with Gasteiger partial charge < -0.3 is 34.2 Å². The molecule has 4 N–H and O–H groups in total. The van der Waals surface area contributed by atoms with Crippen molar-refractivity contribution in [3.63, 3.8) is 0 Å². The molecule has 14 heteroatoms. The Hall–Kier alpha value is -3.06. The summed E-state index contributed by atoms with van der Waals surface area (Å²) in [5.41, 5.74) is 4.96. The fourth-order valence-electron chi connectivity index (χ4n) is 3.36. The number of nitrogens with one attached hydrogen (secondary N) is 1. The topological polar surface area (TPSA) is 147 Å². The number of aliphatic hydroxyl groups is 1. The Balaban J connectivity index is 0.000000621. The van der Waals surface area contributed by atoms with Crippen LogP contribution in [0.15, 0.2) is 59.5 Å². The summed E-state index contributed by atoms with van der Waals surface area (Å²) in [4.78, 5) is 26.5. The SMILES string of the molecule is COC(C)C.FCF.Nc1ccn(C2CC(O)C(COP(NCC=O)Oc3ccc4ccccc4c3)O2)c(=O)n1. The number of nitrogens with two attached hydrogens (primary N) is 1. The molecule has 0 aliphatic carbocycles. The first kappa shape index (κ1) is 33.1. The highest BCUT2D eigenvalue weighted by Gasteiger charge is 2.36. The second-order valence-electron chi connectivity index (χ2n) is 8.54. The summed E-state index contributed by atoms with van der Waals surface area (Å²) in [5, 5.41) is 15.4. The van der Waals surface area contributed by atoms with Crippen molar-refractivity contribution >= 4 is 31.4 Å². The first-order valence-corrected chi connectivity index (χ1v) is 13.5. The average Bonchev–Trinajstić information content (AvgIpc) is 3.30. The molecular weight excluding hydrogens is 549 g/mol. The zero-order chi connectivity index (χ0) is 29.5. The molecule has 1 aromatic heterocycles. The van der Waals surface area contributed by atoms with Gasteiger partial charge in [0.15, 0.2) is 0 Å². The van der Waals surface area contributed by atoms with Crippen LogP contribution in [0.3, 0.4) is 0 Å². The van der Waals surface area contributed by atoms with Gasteiger partial charge in [0.25, 0.3) is 0 Å². The van der Waals surface area contributed by atoms with Gasteiger partial charge in [0.1, 0.15) is 30.2 Å². The molecule has 1 saturated heterocycles. The molecule has 0 spiro atoms. The molecule has 4 unspecified atom stereocenters. The summed E-state index contributed by atoms with van der Waals surface area (Å²) in [7, 11) is 0.0168. The molecule has 1 fully saturated rings. The number of carbonyl (C=O) groups is 1. The minimum Gasteiger partial charge on any atom is -0.436 e. The maximum Gasteiger partial charge on any atom is 0.351 e. The van der Waals surface area contributed by atoms with Crippen LogP contribution in [0.25, 0.3) is 10.8 Å². The zero-order valence-electron chi connectivity index (χ0n) is 22.5. The number of aliphatic hydroxyl groups excluding tert-OH is 1. The van der Waals surface area contributed by atoms with Crippen LogP contribution in [0.2, 0.25) is 0 Å². The number of alkyl halides is 2. The van der Waals surface area contributed by atoms with Crippen molar-refractivity contribution in [2.75, 3.05) is 32.9 Å². The van der Waals surface area contributed by atoms with E-state index in [0.29, 0.717) is 18.1 Å². The number of nitrogens with zero attached hydrogens (tertiary/aromatic N) is 2. The quantitative estimate of drug-likeness (QED) is 0.238. The third kappa shape index (κ3) is 10.8. The van der Waals surface area contributed by atoms with Gasteiger partial charge in [0.05, 0.1) is 25.4 Å². The highest BCUT2D eigenvalue weighted by molar-refractivity contribution is 7.45. The molecule has 2 heterocycles. The largest absolute Gasteiger partial charge is 0.436 e. The second kappa shape index (κ2) is 17.6. The Morgan fingerprint density at radius 1 is 1.25 bits per heavy atom. The molecule has 0 bridgehead atoms. The third-order valence-corrected chi connectivity index (χ3v) is 6.61. The molecule has 0 amide bonds. The Labute approximate surface area is 232 Å². The lowest BCUT2D eigenvalue weighted by molar-refractivity contribution is -0.107. The number of nitrogen functional groups attached to an aromatic ring is 1. The number of ether oxygens (including phenoxy) is 2. The van der Waals surface area contributed by atoms with Crippen LogP contribution in [0.4, 0.5) is 14.6 Å². The number of anilines is 1. The van der Waals surface area contributed by atoms with E-state index in [9.17, 15) is 23.5 Å². The first-order valence-electron chi connectivity index (χ1n) is 12.3. The molecule has 1 aliphatic rings. The highest BCUT2D eigenvalue weighted by Crippen LogP contribution is 2.38. The van der Waals surface area contributed by atoms with Gasteiger partial charge in [-0.05, 0) is 42.8 Å². The first-order chi connectivity index (χ1) is 19.2. The van der Waals surface area contributed by atoms with Gasteiger partial charge >= 0.3 is 14.2 Å². The third-order valence-electron chi connectivity index (χ3n) is 5.41. The smallest absolute Gasteiger partial charge is 0.351 e. The van der Waals surface area contributed by atoms with E-state index in [1.807, 2.05) is 56.3 Å². The molecule has 40 heavy (non-hydrogen) atoms. The monoisotopic (exact) mass is 584 g/mol. The van der Waals surface area contributed by atoms with E-state index in [4.69, 9.17) is 24.3 Å². The van der Waals surface area contributed by atoms with E-state index in [2.05, 4.69) is 10.1 Å². The van der Waals surface area contributed by atoms with Gasteiger partial charge in [-0.1, -0.05) is 30.3 Å². The molecule has 0 saturated carbocycles. The molecule has 3 aromatic rings. The molecule has 220 valence electrons. The number of carbonyl (C=O) groups excluding carboxylic acids is 1. The summed E-state index contributed by atoms with van der Waals surface area (Å²) < 4.78 is 42.8. The lowest BCUT2D eigenvalue weighted by Gasteiger charge is -2.21. The number of rotatable bonds is 10. The molecule has 2 aromatic carbocycles. The number of fused-ring (bicyclic) bond motifs is 1. The maximum absolute atomic E-state index is 12.0. The Morgan fingerprint density at radius 3 is 2.55 bits per heavy atom. The minimum atomic E-state index is -1.75. The normalized spacial score (nSPS) is 18.8. The van der Waals surface area contributed by atoms with E-state index in [-0.39, 0.29) is 25.4 Å². The fourth-order valence-corrected chi connectivity index (χ4v) is 4.38. The summed E-state index contributed by atoms with van der Waals surface area (Å²) in [6.07, 6.45) is 0.544. The predicted octanol–water partition coefficient (Wildman–Crippen LogP) is 3.66. The number of hydrogen-bond acceptors (Lipinski definition) is 10. The summed E-state index contributed by atoms with van der Waals surface area (Å²) >= 11 is 0. The van der Waals surface area contributed by atoms with Crippen molar-refractivity contribution in [2.24, 2.45) is 0 Å². The van der Waals surface area contributed by atoms with E-state index < -0.39 is 39.6 Å². The lowest BCUT2D eigenvalue weighted by Crippen LogP contribution is -2.29. The second-order valence-corrected chi connectivity index (χ2v) is 9.81. The average molecular weight is 585 g/mol. The number of aldehydes is 1. The molecule has 4 rings (SSSR count). The Kier molecular flexibility index (Phi) is 14.6. The van der Waals surface area contributed by atoms with Gasteiger partial charge in [-0.2, -0.15) is 4.98 Å². The predicted molar refractivity (Wildman–Crippen MR) is 148 cm³/mol. The van der Waals surface area contributed by atoms with E-state index in [1.165, 1.54) is 16.8 Å². The van der Waals surface area contributed by atoms with Crippen molar-refractivity contribution < 1.29 is 37.2 Å². The van der Waals surface area contributed by atoms with Crippen molar-refractivity contribution in [3.8, 4) is 5.75 Å². The van der Waals surface area contributed by atoms with Gasteiger partial charge in [-0.25, -0.2) is 18.7 Å². The number of hydrogen-bond donors (Lipinski definition) is 3. The van der Waals surface area contributed by atoms with Crippen molar-refractivity contribution in [2.45, 2.75) is 44.8 Å². The number of methoxy groups -OCH3 is 1. The van der Waals surface area contributed by atoms with Gasteiger partial charge in [0.2, 0.25) is 6.93 Å². The zero-order valence-corrected chi connectivity index (χ0v) is 23.4. The van der Waals surface area contributed by atoms with E-state index in [0.717, 1.165) is 10.8 Å². The summed E-state index contributed by atoms with van der Waals surface area (Å²) in [6.45, 7) is 2.29. The van der Waals surface area contributed by atoms with Crippen LogP contribution in [0.5, 0.6) is 5.75 Å². The summed E-state index contributed by atoms with van der Waals surface area (Å²) in [6, 6.07) is 15.0. The minimum absolute atomic E-state index is 0.0000394. The molecular formula is C26H35F2N4O7P. The standard InChI is InChI=1S/C21H23N4O6P.C4H10O.CH2F2/c22-19-7-9-25(21(28)24-19)20-12-17(27)18(30-20)13-29-32(23-8-10-26)31-16-6-5-14-3-1-2-4-15(14)11-16;1-4(2)5-3;2-1-3/h1-7,9-11,17-18,20,23,27H,8,12-13H2,(H2,22,24,28);4H,1-3H3;1H2. The van der Waals surface area contributed by atoms with Crippen LogP contribution in [-0.4, -0.2) is 66.4 Å². The van der Waals surface area contributed by atoms with Crippen LogP contribution in [0, 0.1) is 0 Å².